The standard InChI is InChI=1S/C17H25BrN2O2/c1-17(2,3)22-16(21)20-10-5-6-13(9-11-20)12-14-7-4-8-15(18)19-14/h4,7-8,13H,5-6,9-12H2,1-3H3. The number of aromatic nitrogens is 1. The van der Waals surface area contributed by atoms with E-state index < -0.39 is 5.60 Å². The van der Waals surface area contributed by atoms with E-state index in [1.807, 2.05) is 37.8 Å². The second-order valence-electron chi connectivity index (χ2n) is 6.92. The molecule has 0 radical (unpaired) electrons. The van der Waals surface area contributed by atoms with E-state index in [1.54, 1.807) is 0 Å². The monoisotopic (exact) mass is 368 g/mol. The van der Waals surface area contributed by atoms with Gasteiger partial charge in [0.15, 0.2) is 0 Å². The van der Waals surface area contributed by atoms with Gasteiger partial charge in [0.1, 0.15) is 10.2 Å². The molecular weight excluding hydrogens is 344 g/mol. The van der Waals surface area contributed by atoms with Crippen molar-refractivity contribution in [3.8, 4) is 0 Å². The van der Waals surface area contributed by atoms with Crippen LogP contribution in [0.25, 0.3) is 0 Å². The highest BCUT2D eigenvalue weighted by atomic mass is 79.9. The molecule has 1 unspecified atom stereocenters. The molecule has 1 atom stereocenters. The molecule has 22 heavy (non-hydrogen) atoms. The number of amides is 1. The third-order valence-electron chi connectivity index (χ3n) is 3.77. The maximum absolute atomic E-state index is 12.2. The van der Waals surface area contributed by atoms with E-state index in [4.69, 9.17) is 4.74 Å². The quantitative estimate of drug-likeness (QED) is 0.725. The smallest absolute Gasteiger partial charge is 0.410 e. The Morgan fingerprint density at radius 2 is 2.14 bits per heavy atom. The second kappa shape index (κ2) is 7.44. The summed E-state index contributed by atoms with van der Waals surface area (Å²) in [5, 5.41) is 0. The number of rotatable bonds is 2. The summed E-state index contributed by atoms with van der Waals surface area (Å²) in [5.41, 5.74) is 0.688. The molecule has 1 aliphatic rings. The van der Waals surface area contributed by atoms with Crippen molar-refractivity contribution >= 4 is 22.0 Å². The molecule has 5 heteroatoms. The SMILES string of the molecule is CC(C)(C)OC(=O)N1CCCC(Cc2cccc(Br)n2)CC1. The van der Waals surface area contributed by atoms with Gasteiger partial charge in [-0.15, -0.1) is 0 Å². The number of pyridine rings is 1. The highest BCUT2D eigenvalue weighted by molar-refractivity contribution is 9.10. The van der Waals surface area contributed by atoms with Crippen LogP contribution in [0.3, 0.4) is 0 Å². The zero-order chi connectivity index (χ0) is 16.2. The molecule has 1 aromatic heterocycles. The third-order valence-corrected chi connectivity index (χ3v) is 4.21. The molecule has 4 nitrogen and oxygen atoms in total. The average Bonchev–Trinajstić information content (AvgIpc) is 2.62. The van der Waals surface area contributed by atoms with E-state index in [9.17, 15) is 4.79 Å². The van der Waals surface area contributed by atoms with Crippen molar-refractivity contribution in [2.45, 2.75) is 52.1 Å². The number of carbonyl (C=O) groups is 1. The molecule has 0 spiro atoms. The molecule has 1 saturated heterocycles. The van der Waals surface area contributed by atoms with Crippen LogP contribution in [0, 0.1) is 5.92 Å². The number of ether oxygens (including phenoxy) is 1. The van der Waals surface area contributed by atoms with Gasteiger partial charge in [-0.2, -0.15) is 0 Å². The van der Waals surface area contributed by atoms with E-state index in [0.717, 1.165) is 49.1 Å². The van der Waals surface area contributed by atoms with Gasteiger partial charge in [0, 0.05) is 18.8 Å². The van der Waals surface area contributed by atoms with Crippen LogP contribution in [0.1, 0.15) is 45.7 Å². The molecule has 1 amide bonds. The lowest BCUT2D eigenvalue weighted by atomic mass is 9.95. The zero-order valence-corrected chi connectivity index (χ0v) is 15.2. The minimum Gasteiger partial charge on any atom is -0.444 e. The molecule has 1 aliphatic heterocycles. The molecular formula is C17H25BrN2O2. The van der Waals surface area contributed by atoms with Crippen molar-refractivity contribution in [2.75, 3.05) is 13.1 Å². The molecule has 0 bridgehead atoms. The van der Waals surface area contributed by atoms with Crippen molar-refractivity contribution in [1.82, 2.24) is 9.88 Å². The Morgan fingerprint density at radius 3 is 2.82 bits per heavy atom. The largest absolute Gasteiger partial charge is 0.444 e. The molecule has 2 heterocycles. The van der Waals surface area contributed by atoms with Crippen molar-refractivity contribution in [3.63, 3.8) is 0 Å². The fourth-order valence-corrected chi connectivity index (χ4v) is 3.12. The number of nitrogens with zero attached hydrogens (tertiary/aromatic N) is 2. The first-order valence-electron chi connectivity index (χ1n) is 7.93. The van der Waals surface area contributed by atoms with Crippen molar-refractivity contribution in [3.05, 3.63) is 28.5 Å². The fourth-order valence-electron chi connectivity index (χ4n) is 2.74. The Hall–Kier alpha value is -1.10. The van der Waals surface area contributed by atoms with Crippen LogP contribution >= 0.6 is 15.9 Å². The zero-order valence-electron chi connectivity index (χ0n) is 13.6. The van der Waals surface area contributed by atoms with E-state index in [0.29, 0.717) is 5.92 Å². The van der Waals surface area contributed by atoms with Crippen molar-refractivity contribution in [1.29, 1.82) is 0 Å². The Bertz CT molecular complexity index is 514. The first kappa shape index (κ1) is 17.3. The summed E-state index contributed by atoms with van der Waals surface area (Å²) in [6.07, 6.45) is 3.95. The lowest BCUT2D eigenvalue weighted by Crippen LogP contribution is -2.37. The number of hydrogen-bond donors (Lipinski definition) is 0. The van der Waals surface area contributed by atoms with Gasteiger partial charge in [0.25, 0.3) is 0 Å². The summed E-state index contributed by atoms with van der Waals surface area (Å²) < 4.78 is 6.35. The molecule has 122 valence electrons. The van der Waals surface area contributed by atoms with Gasteiger partial charge in [0.05, 0.1) is 0 Å². The first-order chi connectivity index (χ1) is 10.3. The average molecular weight is 369 g/mol. The molecule has 0 N–H and O–H groups in total. The number of carbonyl (C=O) groups excluding carboxylic acids is 1. The lowest BCUT2D eigenvalue weighted by molar-refractivity contribution is 0.0255. The summed E-state index contributed by atoms with van der Waals surface area (Å²) in [5.74, 6) is 0.578. The van der Waals surface area contributed by atoms with Crippen LogP contribution < -0.4 is 0 Å². The van der Waals surface area contributed by atoms with Gasteiger partial charge in [-0.3, -0.25) is 0 Å². The maximum atomic E-state index is 12.2. The van der Waals surface area contributed by atoms with Crippen molar-refractivity contribution < 1.29 is 9.53 Å². The summed E-state index contributed by atoms with van der Waals surface area (Å²) in [7, 11) is 0. The van der Waals surface area contributed by atoms with Crippen LogP contribution in [0.5, 0.6) is 0 Å². The minimum atomic E-state index is -0.428. The van der Waals surface area contributed by atoms with E-state index in [2.05, 4.69) is 27.0 Å². The Morgan fingerprint density at radius 1 is 1.36 bits per heavy atom. The van der Waals surface area contributed by atoms with E-state index in [1.165, 1.54) is 0 Å². The fraction of sp³-hybridized carbons (Fsp3) is 0.647. The van der Waals surface area contributed by atoms with Crippen LogP contribution in [0.4, 0.5) is 4.79 Å². The van der Waals surface area contributed by atoms with Gasteiger partial charge in [-0.1, -0.05) is 6.07 Å². The van der Waals surface area contributed by atoms with Crippen molar-refractivity contribution in [2.24, 2.45) is 5.92 Å². The normalized spacial score (nSPS) is 19.6. The van der Waals surface area contributed by atoms with Gasteiger partial charge in [0.2, 0.25) is 0 Å². The summed E-state index contributed by atoms with van der Waals surface area (Å²) >= 11 is 3.42. The molecule has 0 aliphatic carbocycles. The van der Waals surface area contributed by atoms with Crippen LogP contribution in [0.15, 0.2) is 22.8 Å². The number of likely N-dealkylation sites (tertiary alicyclic amines) is 1. The molecule has 1 fully saturated rings. The Balaban J connectivity index is 1.88. The Labute approximate surface area is 141 Å². The van der Waals surface area contributed by atoms with Gasteiger partial charge < -0.3 is 9.64 Å². The topological polar surface area (TPSA) is 42.4 Å². The highest BCUT2D eigenvalue weighted by Crippen LogP contribution is 2.23. The first-order valence-corrected chi connectivity index (χ1v) is 8.72. The summed E-state index contributed by atoms with van der Waals surface area (Å²) in [6, 6.07) is 6.04. The van der Waals surface area contributed by atoms with Gasteiger partial charge in [-0.05, 0) is 80.4 Å². The predicted octanol–water partition coefficient (Wildman–Crippen LogP) is 4.42. The Kier molecular flexibility index (Phi) is 5.84. The van der Waals surface area contributed by atoms with Gasteiger partial charge >= 0.3 is 6.09 Å². The van der Waals surface area contributed by atoms with Crippen LogP contribution in [-0.2, 0) is 11.2 Å². The maximum Gasteiger partial charge on any atom is 0.410 e. The summed E-state index contributed by atoms with van der Waals surface area (Å²) in [6.45, 7) is 7.28. The number of hydrogen-bond acceptors (Lipinski definition) is 3. The third kappa shape index (κ3) is 5.59. The van der Waals surface area contributed by atoms with Crippen LogP contribution in [-0.4, -0.2) is 34.7 Å². The minimum absolute atomic E-state index is 0.186. The second-order valence-corrected chi connectivity index (χ2v) is 7.73. The van der Waals surface area contributed by atoms with Gasteiger partial charge in [-0.25, -0.2) is 9.78 Å². The number of halogens is 1. The summed E-state index contributed by atoms with van der Waals surface area (Å²) in [4.78, 5) is 18.5. The molecule has 0 saturated carbocycles. The van der Waals surface area contributed by atoms with E-state index >= 15 is 0 Å². The lowest BCUT2D eigenvalue weighted by Gasteiger charge is -2.26. The molecule has 0 aromatic carbocycles. The highest BCUT2D eigenvalue weighted by Gasteiger charge is 2.25. The van der Waals surface area contributed by atoms with Crippen LogP contribution in [0.2, 0.25) is 0 Å². The molecule has 2 rings (SSSR count). The predicted molar refractivity (Wildman–Crippen MR) is 90.8 cm³/mol. The molecule has 1 aromatic rings. The van der Waals surface area contributed by atoms with E-state index in [-0.39, 0.29) is 6.09 Å².